The molecule has 1 heterocycles. The number of halogens is 1. The van der Waals surface area contributed by atoms with E-state index in [1.165, 1.54) is 25.7 Å². The molecule has 2 fully saturated rings. The summed E-state index contributed by atoms with van der Waals surface area (Å²) >= 11 is 6.05. The molecule has 0 radical (unpaired) electrons. The van der Waals surface area contributed by atoms with Gasteiger partial charge in [0.15, 0.2) is 0 Å². The van der Waals surface area contributed by atoms with E-state index in [1.807, 2.05) is 12.1 Å². The van der Waals surface area contributed by atoms with Crippen LogP contribution >= 0.6 is 11.6 Å². The van der Waals surface area contributed by atoms with Crippen molar-refractivity contribution in [1.82, 2.24) is 4.98 Å². The Bertz CT molecular complexity index is 413. The average molecular weight is 252 g/mol. The lowest BCUT2D eigenvalue weighted by molar-refractivity contribution is 0.706. The Labute approximate surface area is 107 Å². The molecule has 0 atom stereocenters. The van der Waals surface area contributed by atoms with Gasteiger partial charge in [0.2, 0.25) is 0 Å². The van der Waals surface area contributed by atoms with Crippen molar-refractivity contribution in [3.05, 3.63) is 22.8 Å². The van der Waals surface area contributed by atoms with Gasteiger partial charge in [-0.2, -0.15) is 0 Å². The van der Waals surface area contributed by atoms with Crippen molar-refractivity contribution in [1.29, 1.82) is 0 Å². The van der Waals surface area contributed by atoms with Gasteiger partial charge in [-0.15, -0.1) is 0 Å². The van der Waals surface area contributed by atoms with Gasteiger partial charge in [0, 0.05) is 19.1 Å². The van der Waals surface area contributed by atoms with Gasteiger partial charge in [0.05, 0.1) is 10.7 Å². The molecule has 0 unspecified atom stereocenters. The summed E-state index contributed by atoms with van der Waals surface area (Å²) in [5.74, 6) is 1.94. The standard InChI is InChI=1S/C13H18ClN3/c14-11-5-6-13(16-12(11)7-15)17(10-3-4-10)8-9-1-2-9/h5-6,9-10H,1-4,7-8,15H2. The quantitative estimate of drug-likeness (QED) is 0.875. The predicted octanol–water partition coefficient (Wildman–Crippen LogP) is 2.57. The number of pyridine rings is 1. The Kier molecular flexibility index (Phi) is 2.97. The molecule has 1 aromatic heterocycles. The van der Waals surface area contributed by atoms with Crippen molar-refractivity contribution >= 4 is 17.4 Å². The Morgan fingerprint density at radius 1 is 1.29 bits per heavy atom. The first-order valence-electron chi connectivity index (χ1n) is 6.40. The summed E-state index contributed by atoms with van der Waals surface area (Å²) in [4.78, 5) is 7.05. The Morgan fingerprint density at radius 3 is 2.65 bits per heavy atom. The number of nitrogens with zero attached hydrogens (tertiary/aromatic N) is 2. The van der Waals surface area contributed by atoms with Crippen molar-refractivity contribution in [3.63, 3.8) is 0 Å². The first-order valence-corrected chi connectivity index (χ1v) is 6.78. The highest BCUT2D eigenvalue weighted by molar-refractivity contribution is 6.31. The summed E-state index contributed by atoms with van der Waals surface area (Å²) in [6.07, 6.45) is 5.35. The number of rotatable bonds is 5. The van der Waals surface area contributed by atoms with E-state index in [9.17, 15) is 0 Å². The summed E-state index contributed by atoms with van der Waals surface area (Å²) in [5, 5.41) is 0.679. The van der Waals surface area contributed by atoms with Crippen molar-refractivity contribution in [2.75, 3.05) is 11.4 Å². The summed E-state index contributed by atoms with van der Waals surface area (Å²) in [7, 11) is 0. The fraction of sp³-hybridized carbons (Fsp3) is 0.615. The molecular formula is C13H18ClN3. The third kappa shape index (κ3) is 2.55. The molecule has 3 rings (SSSR count). The third-order valence-electron chi connectivity index (χ3n) is 3.53. The van der Waals surface area contributed by atoms with Crippen LogP contribution < -0.4 is 10.6 Å². The first kappa shape index (κ1) is 11.3. The zero-order valence-electron chi connectivity index (χ0n) is 9.90. The molecule has 17 heavy (non-hydrogen) atoms. The molecule has 0 aliphatic heterocycles. The molecule has 2 aliphatic rings. The largest absolute Gasteiger partial charge is 0.353 e. The summed E-state index contributed by atoms with van der Waals surface area (Å²) < 4.78 is 0. The van der Waals surface area contributed by atoms with E-state index in [1.54, 1.807) is 0 Å². The number of aromatic nitrogens is 1. The maximum absolute atomic E-state index is 6.05. The lowest BCUT2D eigenvalue weighted by Crippen LogP contribution is -2.29. The second kappa shape index (κ2) is 4.46. The Hall–Kier alpha value is -0.800. The first-order chi connectivity index (χ1) is 8.28. The van der Waals surface area contributed by atoms with E-state index in [-0.39, 0.29) is 0 Å². The normalized spacial score (nSPS) is 19.4. The molecule has 0 spiro atoms. The van der Waals surface area contributed by atoms with Crippen LogP contribution in [0.3, 0.4) is 0 Å². The van der Waals surface area contributed by atoms with Gasteiger partial charge in [-0.05, 0) is 43.7 Å². The van der Waals surface area contributed by atoms with E-state index in [0.29, 0.717) is 17.6 Å². The van der Waals surface area contributed by atoms with E-state index >= 15 is 0 Å². The zero-order valence-corrected chi connectivity index (χ0v) is 10.7. The molecule has 3 nitrogen and oxygen atoms in total. The number of hydrogen-bond donors (Lipinski definition) is 1. The molecule has 0 saturated heterocycles. The molecule has 4 heteroatoms. The zero-order chi connectivity index (χ0) is 11.8. The smallest absolute Gasteiger partial charge is 0.129 e. The minimum absolute atomic E-state index is 0.411. The van der Waals surface area contributed by atoms with E-state index in [0.717, 1.165) is 24.0 Å². The predicted molar refractivity (Wildman–Crippen MR) is 70.2 cm³/mol. The van der Waals surface area contributed by atoms with Crippen molar-refractivity contribution in [3.8, 4) is 0 Å². The minimum atomic E-state index is 0.411. The summed E-state index contributed by atoms with van der Waals surface area (Å²) in [5.41, 5.74) is 6.47. The Balaban J connectivity index is 1.83. The van der Waals surface area contributed by atoms with Crippen LogP contribution in [-0.4, -0.2) is 17.6 Å². The van der Waals surface area contributed by atoms with Crippen LogP contribution in [0.2, 0.25) is 5.02 Å². The van der Waals surface area contributed by atoms with E-state index in [2.05, 4.69) is 9.88 Å². The van der Waals surface area contributed by atoms with Gasteiger partial charge in [0.25, 0.3) is 0 Å². The second-order valence-corrected chi connectivity index (χ2v) is 5.54. The van der Waals surface area contributed by atoms with Gasteiger partial charge in [-0.3, -0.25) is 0 Å². The highest BCUT2D eigenvalue weighted by Gasteiger charge is 2.34. The van der Waals surface area contributed by atoms with Gasteiger partial charge >= 0.3 is 0 Å². The topological polar surface area (TPSA) is 42.1 Å². The van der Waals surface area contributed by atoms with Crippen molar-refractivity contribution < 1.29 is 0 Å². The van der Waals surface area contributed by atoms with Crippen LogP contribution in [0, 0.1) is 5.92 Å². The average Bonchev–Trinajstić information content (AvgIpc) is 3.19. The van der Waals surface area contributed by atoms with Crippen LogP contribution in [0.5, 0.6) is 0 Å². The molecule has 2 aliphatic carbocycles. The summed E-state index contributed by atoms with van der Waals surface area (Å²) in [6, 6.07) is 4.66. The second-order valence-electron chi connectivity index (χ2n) is 5.13. The SMILES string of the molecule is NCc1nc(N(CC2CC2)C2CC2)ccc1Cl. The number of hydrogen-bond acceptors (Lipinski definition) is 3. The van der Waals surface area contributed by atoms with Crippen LogP contribution in [0.15, 0.2) is 12.1 Å². The van der Waals surface area contributed by atoms with Crippen LogP contribution in [0.25, 0.3) is 0 Å². The molecule has 2 N–H and O–H groups in total. The molecule has 0 amide bonds. The van der Waals surface area contributed by atoms with Crippen LogP contribution in [0.1, 0.15) is 31.4 Å². The molecule has 92 valence electrons. The molecule has 1 aromatic rings. The third-order valence-corrected chi connectivity index (χ3v) is 3.88. The van der Waals surface area contributed by atoms with Crippen LogP contribution in [-0.2, 0) is 6.54 Å². The lowest BCUT2D eigenvalue weighted by Gasteiger charge is -2.24. The Morgan fingerprint density at radius 2 is 2.06 bits per heavy atom. The monoisotopic (exact) mass is 251 g/mol. The molecule has 2 saturated carbocycles. The van der Waals surface area contributed by atoms with Gasteiger partial charge in [-0.1, -0.05) is 11.6 Å². The fourth-order valence-electron chi connectivity index (χ4n) is 2.17. The van der Waals surface area contributed by atoms with Crippen molar-refractivity contribution in [2.24, 2.45) is 11.7 Å². The van der Waals surface area contributed by atoms with Gasteiger partial charge in [-0.25, -0.2) is 4.98 Å². The van der Waals surface area contributed by atoms with Gasteiger partial charge in [0.1, 0.15) is 5.82 Å². The minimum Gasteiger partial charge on any atom is -0.353 e. The maximum Gasteiger partial charge on any atom is 0.129 e. The number of nitrogens with two attached hydrogens (primary N) is 1. The van der Waals surface area contributed by atoms with Gasteiger partial charge < -0.3 is 10.6 Å². The molecule has 0 bridgehead atoms. The molecular weight excluding hydrogens is 234 g/mol. The maximum atomic E-state index is 6.05. The molecule has 0 aromatic carbocycles. The highest BCUT2D eigenvalue weighted by atomic mass is 35.5. The fourth-order valence-corrected chi connectivity index (χ4v) is 2.35. The van der Waals surface area contributed by atoms with Crippen molar-refractivity contribution in [2.45, 2.75) is 38.3 Å². The van der Waals surface area contributed by atoms with E-state index < -0.39 is 0 Å². The van der Waals surface area contributed by atoms with Crippen LogP contribution in [0.4, 0.5) is 5.82 Å². The lowest BCUT2D eigenvalue weighted by atomic mass is 10.3. The summed E-state index contributed by atoms with van der Waals surface area (Å²) in [6.45, 7) is 1.57. The number of anilines is 1. The van der Waals surface area contributed by atoms with E-state index in [4.69, 9.17) is 17.3 Å². The highest BCUT2D eigenvalue weighted by Crippen LogP contribution is 2.37.